The van der Waals surface area contributed by atoms with Crippen LogP contribution in [0.2, 0.25) is 5.02 Å². The summed E-state index contributed by atoms with van der Waals surface area (Å²) in [5.74, 6) is -0.426. The van der Waals surface area contributed by atoms with Crippen molar-refractivity contribution in [2.75, 3.05) is 12.4 Å². The van der Waals surface area contributed by atoms with Crippen LogP contribution >= 0.6 is 23.8 Å². The summed E-state index contributed by atoms with van der Waals surface area (Å²) in [6, 6.07) is 11.3. The number of ether oxygens (including phenoxy) is 1. The van der Waals surface area contributed by atoms with Crippen molar-refractivity contribution in [3.05, 3.63) is 63.7 Å². The maximum Gasteiger partial charge on any atom is 0.337 e. The summed E-state index contributed by atoms with van der Waals surface area (Å²) in [6.45, 7) is 6.29. The Kier molecular flexibility index (Phi) is 7.00. The lowest BCUT2D eigenvalue weighted by atomic mass is 9.99. The quantitative estimate of drug-likeness (QED) is 0.544. The molecule has 26 heavy (non-hydrogen) atoms. The molecule has 2 aromatic carbocycles. The van der Waals surface area contributed by atoms with E-state index in [1.807, 2.05) is 0 Å². The predicted octanol–water partition coefficient (Wildman–Crippen LogP) is 5.18. The van der Waals surface area contributed by atoms with Gasteiger partial charge >= 0.3 is 5.97 Å². The minimum absolute atomic E-state index is 0.0804. The lowest BCUT2D eigenvalue weighted by molar-refractivity contribution is 0.0601. The van der Waals surface area contributed by atoms with Gasteiger partial charge in [-0.15, -0.1) is 0 Å². The predicted molar refractivity (Wildman–Crippen MR) is 111 cm³/mol. The second kappa shape index (κ2) is 9.01. The van der Waals surface area contributed by atoms with Gasteiger partial charge in [-0.2, -0.15) is 0 Å². The molecule has 0 saturated heterocycles. The molecule has 138 valence electrons. The molecule has 4 nitrogen and oxygen atoms in total. The van der Waals surface area contributed by atoms with Crippen molar-refractivity contribution in [2.45, 2.75) is 33.2 Å². The summed E-state index contributed by atoms with van der Waals surface area (Å²) < 4.78 is 4.74. The van der Waals surface area contributed by atoms with Gasteiger partial charge in [0.1, 0.15) is 0 Å². The lowest BCUT2D eigenvalue weighted by Gasteiger charge is -2.21. The number of aryl methyl sites for hydroxylation is 2. The van der Waals surface area contributed by atoms with Crippen molar-refractivity contribution in [1.82, 2.24) is 5.32 Å². The van der Waals surface area contributed by atoms with Gasteiger partial charge in [0.15, 0.2) is 5.11 Å². The highest BCUT2D eigenvalue weighted by atomic mass is 35.5. The number of esters is 1. The van der Waals surface area contributed by atoms with Crippen LogP contribution in [-0.2, 0) is 4.74 Å². The van der Waals surface area contributed by atoms with Gasteiger partial charge in [0.2, 0.25) is 0 Å². The Morgan fingerprint density at radius 3 is 2.54 bits per heavy atom. The highest BCUT2D eigenvalue weighted by Gasteiger charge is 2.14. The van der Waals surface area contributed by atoms with E-state index in [0.29, 0.717) is 21.4 Å². The van der Waals surface area contributed by atoms with E-state index >= 15 is 0 Å². The van der Waals surface area contributed by atoms with Crippen molar-refractivity contribution in [3.8, 4) is 0 Å². The van der Waals surface area contributed by atoms with Crippen LogP contribution in [0.4, 0.5) is 5.69 Å². The van der Waals surface area contributed by atoms with Crippen molar-refractivity contribution in [1.29, 1.82) is 0 Å². The topological polar surface area (TPSA) is 50.4 Å². The zero-order chi connectivity index (χ0) is 19.3. The van der Waals surface area contributed by atoms with Gasteiger partial charge in [-0.3, -0.25) is 0 Å². The minimum atomic E-state index is -0.426. The molecule has 1 atom stereocenters. The van der Waals surface area contributed by atoms with Crippen LogP contribution in [0, 0.1) is 13.8 Å². The van der Waals surface area contributed by atoms with Gasteiger partial charge in [-0.05, 0) is 67.4 Å². The third-order valence-corrected chi connectivity index (χ3v) is 4.83. The molecule has 0 fully saturated rings. The van der Waals surface area contributed by atoms with Crippen molar-refractivity contribution in [2.24, 2.45) is 0 Å². The van der Waals surface area contributed by atoms with E-state index in [9.17, 15) is 4.79 Å². The fourth-order valence-corrected chi connectivity index (χ4v) is 3.00. The third kappa shape index (κ3) is 4.96. The molecule has 2 rings (SSSR count). The standard InChI is InChI=1S/C20H23ClN2O2S/c1-5-17(14-7-6-12(2)13(3)10-14)22-20(26)23-18-11-15(19(24)25-4)8-9-16(18)21/h6-11,17H,5H2,1-4H3,(H2,22,23,26)/t17-/m1/s1. The van der Waals surface area contributed by atoms with E-state index in [0.717, 1.165) is 6.42 Å². The number of carbonyl (C=O) groups excluding carboxylic acids is 1. The summed E-state index contributed by atoms with van der Waals surface area (Å²) in [4.78, 5) is 11.7. The maximum absolute atomic E-state index is 11.7. The van der Waals surface area contributed by atoms with Crippen LogP contribution in [0.25, 0.3) is 0 Å². The van der Waals surface area contributed by atoms with Crippen LogP contribution in [0.1, 0.15) is 46.4 Å². The van der Waals surface area contributed by atoms with Gasteiger partial charge in [-0.1, -0.05) is 36.7 Å². The highest BCUT2D eigenvalue weighted by molar-refractivity contribution is 7.80. The van der Waals surface area contributed by atoms with E-state index in [-0.39, 0.29) is 6.04 Å². The molecule has 2 N–H and O–H groups in total. The smallest absolute Gasteiger partial charge is 0.337 e. The SMILES string of the molecule is CC[C@@H](NC(=S)Nc1cc(C(=O)OC)ccc1Cl)c1ccc(C)c(C)c1. The first-order chi connectivity index (χ1) is 12.3. The normalized spacial score (nSPS) is 11.6. The fourth-order valence-electron chi connectivity index (χ4n) is 2.58. The zero-order valence-corrected chi connectivity index (χ0v) is 16.9. The van der Waals surface area contributed by atoms with E-state index in [4.69, 9.17) is 28.6 Å². The number of nitrogens with one attached hydrogen (secondary N) is 2. The summed E-state index contributed by atoms with van der Waals surface area (Å²) >= 11 is 11.6. The van der Waals surface area contributed by atoms with E-state index in [1.54, 1.807) is 18.2 Å². The molecule has 0 amide bonds. The molecular weight excluding hydrogens is 368 g/mol. The molecule has 0 aromatic heterocycles. The second-order valence-corrected chi connectivity index (χ2v) is 6.90. The molecule has 0 spiro atoms. The van der Waals surface area contributed by atoms with Gasteiger partial charge in [0.25, 0.3) is 0 Å². The molecule has 2 aromatic rings. The molecule has 0 bridgehead atoms. The Labute approximate surface area is 164 Å². The largest absolute Gasteiger partial charge is 0.465 e. The van der Waals surface area contributed by atoms with Crippen LogP contribution in [0.5, 0.6) is 0 Å². The van der Waals surface area contributed by atoms with Crippen molar-refractivity contribution in [3.63, 3.8) is 0 Å². The highest BCUT2D eigenvalue weighted by Crippen LogP contribution is 2.24. The molecule has 6 heteroatoms. The maximum atomic E-state index is 11.7. The van der Waals surface area contributed by atoms with Gasteiger partial charge in [-0.25, -0.2) is 4.79 Å². The van der Waals surface area contributed by atoms with Crippen molar-refractivity contribution < 1.29 is 9.53 Å². The monoisotopic (exact) mass is 390 g/mol. The molecule has 0 aliphatic rings. The first kappa shape index (κ1) is 20.2. The van der Waals surface area contributed by atoms with Gasteiger partial charge in [0.05, 0.1) is 29.4 Å². The first-order valence-electron chi connectivity index (χ1n) is 8.38. The number of rotatable bonds is 5. The number of benzene rings is 2. The molecule has 0 saturated carbocycles. The number of carbonyl (C=O) groups is 1. The number of methoxy groups -OCH3 is 1. The third-order valence-electron chi connectivity index (χ3n) is 4.28. The van der Waals surface area contributed by atoms with E-state index in [1.165, 1.54) is 23.8 Å². The van der Waals surface area contributed by atoms with Crippen LogP contribution in [0.3, 0.4) is 0 Å². The van der Waals surface area contributed by atoms with Gasteiger partial charge < -0.3 is 15.4 Å². The number of thiocarbonyl (C=S) groups is 1. The average molecular weight is 391 g/mol. The molecule has 0 radical (unpaired) electrons. The Balaban J connectivity index is 2.14. The van der Waals surface area contributed by atoms with E-state index in [2.05, 4.69) is 49.6 Å². The summed E-state index contributed by atoms with van der Waals surface area (Å²) in [7, 11) is 1.34. The summed E-state index contributed by atoms with van der Waals surface area (Å²) in [6.07, 6.45) is 0.875. The molecule has 0 aliphatic heterocycles. The van der Waals surface area contributed by atoms with E-state index < -0.39 is 5.97 Å². The Bertz CT molecular complexity index is 823. The summed E-state index contributed by atoms with van der Waals surface area (Å²) in [5.41, 5.74) is 4.64. The van der Waals surface area contributed by atoms with Crippen molar-refractivity contribution >= 4 is 40.6 Å². The molecular formula is C20H23ClN2O2S. The number of hydrogen-bond acceptors (Lipinski definition) is 3. The fraction of sp³-hybridized carbons (Fsp3) is 0.300. The number of halogens is 1. The lowest BCUT2D eigenvalue weighted by Crippen LogP contribution is -2.32. The molecule has 0 unspecified atom stereocenters. The molecule has 0 heterocycles. The minimum Gasteiger partial charge on any atom is -0.465 e. The number of hydrogen-bond donors (Lipinski definition) is 2. The second-order valence-electron chi connectivity index (χ2n) is 6.09. The van der Waals surface area contributed by atoms with Crippen LogP contribution < -0.4 is 10.6 Å². The van der Waals surface area contributed by atoms with Crippen LogP contribution in [0.15, 0.2) is 36.4 Å². The summed E-state index contributed by atoms with van der Waals surface area (Å²) in [5, 5.41) is 7.30. The molecule has 0 aliphatic carbocycles. The van der Waals surface area contributed by atoms with Crippen LogP contribution in [-0.4, -0.2) is 18.2 Å². The Morgan fingerprint density at radius 2 is 1.92 bits per heavy atom. The first-order valence-corrected chi connectivity index (χ1v) is 9.16. The Morgan fingerprint density at radius 1 is 1.19 bits per heavy atom. The Hall–Kier alpha value is -2.11. The number of anilines is 1. The zero-order valence-electron chi connectivity index (χ0n) is 15.4. The van der Waals surface area contributed by atoms with Gasteiger partial charge in [0, 0.05) is 0 Å². The average Bonchev–Trinajstić information content (AvgIpc) is 2.63.